The van der Waals surface area contributed by atoms with Gasteiger partial charge in [0.15, 0.2) is 0 Å². The average Bonchev–Trinajstić information content (AvgIpc) is 3.84. The standard InChI is InChI=1S/C75H86O5/c1-46(47(2)51-18-9-6-10-19-51)23-33-60(69(79)80)68-65(77)45-74(54-28-24-49(25-29-54)39-48-15-7-5-8-16-48)64-44-73-37-14-36-71(3)66(78)42-55-30-34-59-57-21-11-12-22-58(57)61(41-50-17-13-20-53(40-50)52-26-31-56(76)32-27-52)62(43-73)67(59)75(55,70(71)73)63(64)35-38-72(68,74)4/h5,7-8,11-17,20-22,26-27,30-32,34,37,40,43,47,49,51,54-55,60,65-68,70,76-78H,1,6,9-10,18-19,23-25,28-29,33,35-36,38-39,41-42,44-45H2,2-4H3,(H,79,80). The number of fused-ring (bicyclic) bond motifs is 3. The van der Waals surface area contributed by atoms with Crippen molar-refractivity contribution in [1.82, 2.24) is 0 Å². The molecule has 0 aromatic heterocycles. The third-order valence-electron chi connectivity index (χ3n) is 24.9. The molecule has 0 aliphatic heterocycles. The summed E-state index contributed by atoms with van der Waals surface area (Å²) in [5.41, 5.74) is 11.7. The molecule has 5 nitrogen and oxygen atoms in total. The minimum absolute atomic E-state index is 0.0819. The second-order valence-corrected chi connectivity index (χ2v) is 28.3. The predicted octanol–water partition coefficient (Wildman–Crippen LogP) is 14.8. The Morgan fingerprint density at radius 3 is 2.31 bits per heavy atom. The first-order valence-electron chi connectivity index (χ1n) is 31.5. The number of hydrogen-bond acceptors (Lipinski definition) is 4. The zero-order valence-corrected chi connectivity index (χ0v) is 47.9. The lowest BCUT2D eigenvalue weighted by Gasteiger charge is -2.75. The molecule has 5 heteroatoms. The largest absolute Gasteiger partial charge is 0.508 e. The van der Waals surface area contributed by atoms with Crippen molar-refractivity contribution in [2.45, 2.75) is 155 Å². The minimum atomic E-state index is -0.746. The van der Waals surface area contributed by atoms with E-state index in [-0.39, 0.29) is 40.3 Å². The lowest BCUT2D eigenvalue weighted by molar-refractivity contribution is -0.182. The quantitative estimate of drug-likeness (QED) is 0.100. The molecule has 4 N–H and O–H groups in total. The van der Waals surface area contributed by atoms with Crippen LogP contribution >= 0.6 is 0 Å². The van der Waals surface area contributed by atoms with E-state index in [1.807, 2.05) is 12.1 Å². The number of aromatic hydroxyl groups is 1. The molecule has 0 amide bonds. The third kappa shape index (κ3) is 7.70. The van der Waals surface area contributed by atoms with E-state index in [0.29, 0.717) is 42.9 Å². The minimum Gasteiger partial charge on any atom is -0.508 e. The van der Waals surface area contributed by atoms with Crippen LogP contribution < -0.4 is 10.4 Å². The molecule has 0 saturated heterocycles. The molecule has 0 radical (unpaired) electrons. The Balaban J connectivity index is 0.939. The molecule has 10 aliphatic carbocycles. The Labute approximate surface area is 476 Å². The number of benzene rings is 4. The molecule has 4 fully saturated rings. The number of aliphatic hydroxyl groups is 2. The van der Waals surface area contributed by atoms with Gasteiger partial charge in [0.25, 0.3) is 0 Å². The Morgan fingerprint density at radius 1 is 0.812 bits per heavy atom. The first-order valence-corrected chi connectivity index (χ1v) is 31.5. The molecule has 1 spiro atoms. The van der Waals surface area contributed by atoms with E-state index in [0.717, 1.165) is 81.8 Å². The highest BCUT2D eigenvalue weighted by atomic mass is 16.4. The van der Waals surface area contributed by atoms with Crippen molar-refractivity contribution in [3.8, 4) is 16.9 Å². The summed E-state index contributed by atoms with van der Waals surface area (Å²) >= 11 is 0. The van der Waals surface area contributed by atoms with Crippen molar-refractivity contribution in [2.24, 2.45) is 80.3 Å². The van der Waals surface area contributed by atoms with E-state index in [1.54, 1.807) is 23.3 Å². The number of carboxylic acids is 1. The summed E-state index contributed by atoms with van der Waals surface area (Å²) in [4.78, 5) is 14.3. The van der Waals surface area contributed by atoms with E-state index in [9.17, 15) is 25.2 Å². The molecule has 10 aliphatic rings. The average molecular weight is 1070 g/mol. The van der Waals surface area contributed by atoms with Crippen LogP contribution in [-0.2, 0) is 17.6 Å². The molecule has 80 heavy (non-hydrogen) atoms. The monoisotopic (exact) mass is 1070 g/mol. The van der Waals surface area contributed by atoms with E-state index >= 15 is 0 Å². The van der Waals surface area contributed by atoms with Gasteiger partial charge in [0.1, 0.15) is 5.75 Å². The van der Waals surface area contributed by atoms with Crippen molar-refractivity contribution in [1.29, 1.82) is 0 Å². The Kier molecular flexibility index (Phi) is 12.9. The summed E-state index contributed by atoms with van der Waals surface area (Å²) in [5, 5.41) is 50.8. The number of carbonyl (C=O) groups is 1. The molecule has 0 heterocycles. The van der Waals surface area contributed by atoms with Crippen LogP contribution in [0.3, 0.4) is 0 Å². The maximum atomic E-state index is 14.3. The van der Waals surface area contributed by atoms with Crippen molar-refractivity contribution < 1.29 is 25.2 Å². The van der Waals surface area contributed by atoms with Gasteiger partial charge in [-0.25, -0.2) is 0 Å². The Hall–Kier alpha value is -5.49. The Bertz CT molecular complexity index is 3380. The third-order valence-corrected chi connectivity index (χ3v) is 24.9. The fourth-order valence-electron chi connectivity index (χ4n) is 21.6. The zero-order chi connectivity index (χ0) is 54.9. The van der Waals surface area contributed by atoms with Crippen molar-refractivity contribution in [3.63, 3.8) is 0 Å². The van der Waals surface area contributed by atoms with Gasteiger partial charge < -0.3 is 20.4 Å². The fraction of sp³-hybridized carbons (Fsp3) is 0.507. The summed E-state index contributed by atoms with van der Waals surface area (Å²) < 4.78 is 0. The van der Waals surface area contributed by atoms with Crippen LogP contribution in [0.5, 0.6) is 5.75 Å². The first kappa shape index (κ1) is 52.6. The number of allylic oxidation sites excluding steroid dienone is 9. The van der Waals surface area contributed by atoms with Crippen molar-refractivity contribution >= 4 is 17.1 Å². The second-order valence-electron chi connectivity index (χ2n) is 28.3. The number of phenols is 1. The number of aliphatic hydroxyl groups excluding tert-OH is 2. The molecule has 4 aromatic carbocycles. The van der Waals surface area contributed by atoms with Gasteiger partial charge in [-0.05, 0) is 205 Å². The fourth-order valence-corrected chi connectivity index (χ4v) is 21.6. The molecule has 13 atom stereocenters. The van der Waals surface area contributed by atoms with E-state index in [4.69, 9.17) is 6.58 Å². The van der Waals surface area contributed by atoms with Gasteiger partial charge in [-0.15, -0.1) is 0 Å². The van der Waals surface area contributed by atoms with Crippen LogP contribution in [0.2, 0.25) is 0 Å². The summed E-state index contributed by atoms with van der Waals surface area (Å²) in [5.74, 6) is 0.738. The van der Waals surface area contributed by atoms with E-state index in [1.165, 1.54) is 76.0 Å². The van der Waals surface area contributed by atoms with Crippen LogP contribution in [0.25, 0.3) is 22.3 Å². The normalized spacial score (nSPS) is 37.2. The summed E-state index contributed by atoms with van der Waals surface area (Å²) in [7, 11) is 0. The molecular weight excluding hydrogens is 981 g/mol. The van der Waals surface area contributed by atoms with Crippen molar-refractivity contribution in [3.05, 3.63) is 184 Å². The SMILES string of the molecule is C=C(CCC(C(=O)O)C1C(O)CC2(C3CCC(Cc4ccccc4)CC3)C3=C(CCC12C)C12C4C=CC5=c6ccccc6=C(Cc6cccc(-c7ccc(O)cc7)c6)C(=CC6(C=CCC(C)(C(O)C4)C61)C3)C52)C(C)C1CCCCC1. The Morgan fingerprint density at radius 2 is 1.55 bits per heavy atom. The maximum Gasteiger partial charge on any atom is 0.306 e. The van der Waals surface area contributed by atoms with Gasteiger partial charge >= 0.3 is 5.97 Å². The highest BCUT2D eigenvalue weighted by Crippen LogP contribution is 2.84. The molecule has 4 saturated carbocycles. The summed E-state index contributed by atoms with van der Waals surface area (Å²) in [6.07, 6.45) is 30.4. The van der Waals surface area contributed by atoms with Gasteiger partial charge in [-0.2, -0.15) is 0 Å². The lowest BCUT2D eigenvalue weighted by atomic mass is 9.28. The highest BCUT2D eigenvalue weighted by Gasteiger charge is 2.78. The van der Waals surface area contributed by atoms with Gasteiger partial charge in [-0.3, -0.25) is 4.79 Å². The molecular formula is C75H86O5. The van der Waals surface area contributed by atoms with Crippen LogP contribution in [0.15, 0.2) is 162 Å². The topological polar surface area (TPSA) is 98.0 Å². The second kappa shape index (κ2) is 19.6. The maximum absolute atomic E-state index is 14.3. The van der Waals surface area contributed by atoms with E-state index < -0.39 is 40.3 Å². The molecule has 14 rings (SSSR count). The number of hydrogen-bond donors (Lipinski definition) is 4. The number of phenolic OH excluding ortho intramolecular Hbond substituents is 1. The molecule has 13 unspecified atom stereocenters. The summed E-state index contributed by atoms with van der Waals surface area (Å²) in [6, 6.07) is 36.8. The smallest absolute Gasteiger partial charge is 0.306 e. The summed E-state index contributed by atoms with van der Waals surface area (Å²) in [6.45, 7) is 12.0. The molecule has 2 bridgehead atoms. The number of aliphatic carboxylic acids is 1. The van der Waals surface area contributed by atoms with Gasteiger partial charge in [0.05, 0.1) is 18.1 Å². The van der Waals surface area contributed by atoms with Crippen molar-refractivity contribution in [2.75, 3.05) is 0 Å². The highest BCUT2D eigenvalue weighted by molar-refractivity contribution is 5.84. The molecule has 416 valence electrons. The van der Waals surface area contributed by atoms with Crippen LogP contribution in [0, 0.1) is 80.3 Å². The number of rotatable bonds is 13. The van der Waals surface area contributed by atoms with Crippen LogP contribution in [-0.4, -0.2) is 38.6 Å². The van der Waals surface area contributed by atoms with Gasteiger partial charge in [0, 0.05) is 33.5 Å². The van der Waals surface area contributed by atoms with Gasteiger partial charge in [-0.1, -0.05) is 185 Å². The first-order chi connectivity index (χ1) is 38.7. The van der Waals surface area contributed by atoms with Crippen LogP contribution in [0.4, 0.5) is 0 Å². The molecule has 4 aromatic rings. The van der Waals surface area contributed by atoms with Gasteiger partial charge in [0.2, 0.25) is 0 Å². The zero-order valence-electron chi connectivity index (χ0n) is 47.9. The predicted molar refractivity (Wildman–Crippen MR) is 321 cm³/mol. The number of carboxylic acid groups (broad SMARTS) is 1. The van der Waals surface area contributed by atoms with E-state index in [2.05, 4.69) is 130 Å². The van der Waals surface area contributed by atoms with Crippen LogP contribution in [0.1, 0.15) is 141 Å². The lowest BCUT2D eigenvalue weighted by Crippen LogP contribution is -2.71.